The van der Waals surface area contributed by atoms with Crippen LogP contribution in [0.3, 0.4) is 0 Å². The van der Waals surface area contributed by atoms with Gasteiger partial charge >= 0.3 is 0 Å². The SMILES string of the molecule is C=CCC(=O)Nc1ccccc1CO. The summed E-state index contributed by atoms with van der Waals surface area (Å²) in [6.07, 6.45) is 1.82. The summed E-state index contributed by atoms with van der Waals surface area (Å²) in [4.78, 5) is 11.2. The minimum atomic E-state index is -0.124. The molecule has 1 aromatic rings. The third-order valence-corrected chi connectivity index (χ3v) is 1.79. The molecule has 74 valence electrons. The van der Waals surface area contributed by atoms with Crippen LogP contribution in [-0.2, 0) is 11.4 Å². The minimum Gasteiger partial charge on any atom is -0.392 e. The van der Waals surface area contributed by atoms with Crippen molar-refractivity contribution in [2.24, 2.45) is 0 Å². The largest absolute Gasteiger partial charge is 0.392 e. The topological polar surface area (TPSA) is 49.3 Å². The number of para-hydroxylation sites is 1. The van der Waals surface area contributed by atoms with Crippen molar-refractivity contribution in [1.82, 2.24) is 0 Å². The zero-order chi connectivity index (χ0) is 10.4. The van der Waals surface area contributed by atoms with Crippen LogP contribution in [-0.4, -0.2) is 11.0 Å². The van der Waals surface area contributed by atoms with Gasteiger partial charge in [-0.1, -0.05) is 24.3 Å². The second-order valence-corrected chi connectivity index (χ2v) is 2.86. The number of carbonyl (C=O) groups is 1. The van der Waals surface area contributed by atoms with Crippen LogP contribution in [0.25, 0.3) is 0 Å². The Balaban J connectivity index is 2.74. The highest BCUT2D eigenvalue weighted by atomic mass is 16.3. The molecular formula is C11H13NO2. The van der Waals surface area contributed by atoms with Gasteiger partial charge in [0.25, 0.3) is 0 Å². The first-order valence-electron chi connectivity index (χ1n) is 4.37. The van der Waals surface area contributed by atoms with Crippen molar-refractivity contribution in [3.63, 3.8) is 0 Å². The van der Waals surface area contributed by atoms with Crippen LogP contribution in [0.1, 0.15) is 12.0 Å². The second-order valence-electron chi connectivity index (χ2n) is 2.86. The number of hydrogen-bond acceptors (Lipinski definition) is 2. The first-order valence-corrected chi connectivity index (χ1v) is 4.37. The quantitative estimate of drug-likeness (QED) is 0.711. The van der Waals surface area contributed by atoms with Crippen molar-refractivity contribution < 1.29 is 9.90 Å². The average Bonchev–Trinajstić information content (AvgIpc) is 2.19. The summed E-state index contributed by atoms with van der Waals surface area (Å²) in [6, 6.07) is 7.15. The van der Waals surface area contributed by atoms with E-state index in [9.17, 15) is 4.79 Å². The fourth-order valence-corrected chi connectivity index (χ4v) is 1.11. The number of carbonyl (C=O) groups excluding carboxylic acids is 1. The van der Waals surface area contributed by atoms with E-state index in [1.165, 1.54) is 6.08 Å². The van der Waals surface area contributed by atoms with E-state index in [1.54, 1.807) is 12.1 Å². The van der Waals surface area contributed by atoms with Gasteiger partial charge in [-0.15, -0.1) is 6.58 Å². The van der Waals surface area contributed by atoms with Gasteiger partial charge in [-0.05, 0) is 6.07 Å². The molecule has 0 heterocycles. The molecule has 0 atom stereocenters. The van der Waals surface area contributed by atoms with E-state index in [1.807, 2.05) is 12.1 Å². The summed E-state index contributed by atoms with van der Waals surface area (Å²) in [7, 11) is 0. The predicted molar refractivity (Wildman–Crippen MR) is 55.8 cm³/mol. The Labute approximate surface area is 83.1 Å². The molecule has 0 unspecified atom stereocenters. The van der Waals surface area contributed by atoms with Crippen LogP contribution >= 0.6 is 0 Å². The van der Waals surface area contributed by atoms with Crippen LogP contribution in [0.15, 0.2) is 36.9 Å². The number of amides is 1. The second kappa shape index (κ2) is 5.19. The van der Waals surface area contributed by atoms with Crippen molar-refractivity contribution in [2.45, 2.75) is 13.0 Å². The fourth-order valence-electron chi connectivity index (χ4n) is 1.11. The van der Waals surface area contributed by atoms with E-state index in [-0.39, 0.29) is 18.9 Å². The molecule has 0 aliphatic rings. The van der Waals surface area contributed by atoms with E-state index in [4.69, 9.17) is 5.11 Å². The number of aliphatic hydroxyl groups excluding tert-OH is 1. The third-order valence-electron chi connectivity index (χ3n) is 1.79. The molecule has 0 aliphatic carbocycles. The molecule has 0 radical (unpaired) electrons. The molecule has 0 bridgehead atoms. The highest BCUT2D eigenvalue weighted by molar-refractivity contribution is 5.92. The molecule has 0 fully saturated rings. The molecule has 0 saturated heterocycles. The van der Waals surface area contributed by atoms with Crippen LogP contribution in [0.2, 0.25) is 0 Å². The van der Waals surface area contributed by atoms with Gasteiger partial charge in [-0.25, -0.2) is 0 Å². The molecule has 0 spiro atoms. The summed E-state index contributed by atoms with van der Waals surface area (Å²) >= 11 is 0. The third kappa shape index (κ3) is 2.71. The summed E-state index contributed by atoms with van der Waals surface area (Å²) in [5.41, 5.74) is 1.37. The highest BCUT2D eigenvalue weighted by Gasteiger charge is 2.03. The van der Waals surface area contributed by atoms with Crippen molar-refractivity contribution in [2.75, 3.05) is 5.32 Å². The maximum absolute atomic E-state index is 11.2. The Kier molecular flexibility index (Phi) is 3.88. The van der Waals surface area contributed by atoms with E-state index in [2.05, 4.69) is 11.9 Å². The zero-order valence-electron chi connectivity index (χ0n) is 7.86. The lowest BCUT2D eigenvalue weighted by atomic mass is 10.2. The Morgan fingerprint density at radius 1 is 1.50 bits per heavy atom. The molecule has 3 heteroatoms. The normalized spacial score (nSPS) is 9.50. The van der Waals surface area contributed by atoms with Gasteiger partial charge in [0.1, 0.15) is 0 Å². The summed E-state index contributed by atoms with van der Waals surface area (Å²) in [5.74, 6) is -0.124. The smallest absolute Gasteiger partial charge is 0.228 e. The Hall–Kier alpha value is -1.61. The van der Waals surface area contributed by atoms with Crippen molar-refractivity contribution in [3.8, 4) is 0 Å². The van der Waals surface area contributed by atoms with Gasteiger partial charge in [0, 0.05) is 17.7 Å². The molecule has 1 rings (SSSR count). The van der Waals surface area contributed by atoms with Crippen molar-refractivity contribution >= 4 is 11.6 Å². The molecule has 0 aliphatic heterocycles. The van der Waals surface area contributed by atoms with Gasteiger partial charge in [0.2, 0.25) is 5.91 Å². The molecule has 14 heavy (non-hydrogen) atoms. The Bertz CT molecular complexity index is 334. The van der Waals surface area contributed by atoms with E-state index in [0.717, 1.165) is 0 Å². The first kappa shape index (κ1) is 10.5. The lowest BCUT2D eigenvalue weighted by Gasteiger charge is -2.07. The molecule has 3 nitrogen and oxygen atoms in total. The lowest BCUT2D eigenvalue weighted by molar-refractivity contribution is -0.115. The van der Waals surface area contributed by atoms with Crippen molar-refractivity contribution in [1.29, 1.82) is 0 Å². The minimum absolute atomic E-state index is 0.0788. The molecule has 0 aromatic heterocycles. The summed E-state index contributed by atoms with van der Waals surface area (Å²) < 4.78 is 0. The van der Waals surface area contributed by atoms with Gasteiger partial charge in [0.15, 0.2) is 0 Å². The number of aliphatic hydroxyl groups is 1. The summed E-state index contributed by atoms with van der Waals surface area (Å²) in [5, 5.41) is 11.7. The number of anilines is 1. The van der Waals surface area contributed by atoms with Crippen LogP contribution < -0.4 is 5.32 Å². The molecule has 1 aromatic carbocycles. The highest BCUT2D eigenvalue weighted by Crippen LogP contribution is 2.14. The Morgan fingerprint density at radius 2 is 2.21 bits per heavy atom. The number of nitrogens with one attached hydrogen (secondary N) is 1. The summed E-state index contributed by atoms with van der Waals surface area (Å²) in [6.45, 7) is 3.40. The monoisotopic (exact) mass is 191 g/mol. The van der Waals surface area contributed by atoms with Gasteiger partial charge in [0.05, 0.1) is 6.61 Å². The Morgan fingerprint density at radius 3 is 2.86 bits per heavy atom. The van der Waals surface area contributed by atoms with Crippen LogP contribution in [0.5, 0.6) is 0 Å². The molecule has 2 N–H and O–H groups in total. The standard InChI is InChI=1S/C11H13NO2/c1-2-5-11(14)12-10-7-4-3-6-9(10)8-13/h2-4,6-7,13H,1,5,8H2,(H,12,14). The number of benzene rings is 1. The lowest BCUT2D eigenvalue weighted by Crippen LogP contribution is -2.11. The molecular weight excluding hydrogens is 178 g/mol. The first-order chi connectivity index (χ1) is 6.77. The van der Waals surface area contributed by atoms with Gasteiger partial charge < -0.3 is 10.4 Å². The van der Waals surface area contributed by atoms with Crippen molar-refractivity contribution in [3.05, 3.63) is 42.5 Å². The fraction of sp³-hybridized carbons (Fsp3) is 0.182. The number of hydrogen-bond donors (Lipinski definition) is 2. The van der Waals surface area contributed by atoms with Crippen LogP contribution in [0, 0.1) is 0 Å². The van der Waals surface area contributed by atoms with Gasteiger partial charge in [-0.3, -0.25) is 4.79 Å². The maximum atomic E-state index is 11.2. The van der Waals surface area contributed by atoms with Crippen LogP contribution in [0.4, 0.5) is 5.69 Å². The predicted octanol–water partition coefficient (Wildman–Crippen LogP) is 1.69. The van der Waals surface area contributed by atoms with E-state index >= 15 is 0 Å². The maximum Gasteiger partial charge on any atom is 0.228 e. The number of rotatable bonds is 4. The van der Waals surface area contributed by atoms with E-state index < -0.39 is 0 Å². The van der Waals surface area contributed by atoms with E-state index in [0.29, 0.717) is 11.3 Å². The zero-order valence-corrected chi connectivity index (χ0v) is 7.86. The average molecular weight is 191 g/mol. The molecule has 0 saturated carbocycles. The van der Waals surface area contributed by atoms with Gasteiger partial charge in [-0.2, -0.15) is 0 Å². The molecule has 1 amide bonds.